The maximum absolute atomic E-state index is 10.3. The maximum Gasteiger partial charge on any atom is 0.135 e. The van der Waals surface area contributed by atoms with Crippen molar-refractivity contribution in [3.8, 4) is 0 Å². The lowest BCUT2D eigenvalue weighted by atomic mass is 9.90. The summed E-state index contributed by atoms with van der Waals surface area (Å²) in [7, 11) is 0. The van der Waals surface area contributed by atoms with Gasteiger partial charge in [-0.2, -0.15) is 0 Å². The molecule has 0 saturated heterocycles. The van der Waals surface area contributed by atoms with Crippen molar-refractivity contribution < 1.29 is 9.94 Å². The summed E-state index contributed by atoms with van der Waals surface area (Å²) in [5.74, 6) is 0.693. The van der Waals surface area contributed by atoms with Crippen LogP contribution < -0.4 is 5.73 Å². The molecule has 4 nitrogen and oxygen atoms in total. The lowest BCUT2D eigenvalue weighted by molar-refractivity contribution is 0.0463. The summed E-state index contributed by atoms with van der Waals surface area (Å²) < 4.78 is 0. The van der Waals surface area contributed by atoms with E-state index in [0.717, 1.165) is 37.8 Å². The van der Waals surface area contributed by atoms with Gasteiger partial charge in [0.2, 0.25) is 0 Å². The number of oxime groups is 1. The Hall–Kier alpha value is -3.73. The monoisotopic (exact) mass is 562 g/mol. The van der Waals surface area contributed by atoms with Crippen LogP contribution in [0.1, 0.15) is 48.9 Å². The molecular formula is C38H46N2O2. The third-order valence-electron chi connectivity index (χ3n) is 7.98. The molecule has 1 aliphatic heterocycles. The Morgan fingerprint density at radius 3 is 1.67 bits per heavy atom. The second-order valence-electron chi connectivity index (χ2n) is 11.8. The van der Waals surface area contributed by atoms with Gasteiger partial charge >= 0.3 is 0 Å². The molecule has 5 rings (SSSR count). The molecule has 3 N–H and O–H groups in total. The number of hydrogen-bond acceptors (Lipinski definition) is 4. The molecule has 5 atom stereocenters. The van der Waals surface area contributed by atoms with Crippen LogP contribution >= 0.6 is 0 Å². The zero-order valence-electron chi connectivity index (χ0n) is 25.1. The average Bonchev–Trinajstić information content (AvgIpc) is 3.48. The van der Waals surface area contributed by atoms with Crippen LogP contribution in [0.2, 0.25) is 0 Å². The number of rotatable bonds is 12. The van der Waals surface area contributed by atoms with Crippen molar-refractivity contribution in [3.63, 3.8) is 0 Å². The van der Waals surface area contributed by atoms with E-state index in [2.05, 4.69) is 97.9 Å². The normalized spacial score (nSPS) is 17.1. The topological polar surface area (TPSA) is 67.8 Å². The first-order valence-electron chi connectivity index (χ1n) is 15.3. The summed E-state index contributed by atoms with van der Waals surface area (Å²) in [6, 6.07) is 41.6. The van der Waals surface area contributed by atoms with Crippen LogP contribution in [0.3, 0.4) is 0 Å². The molecule has 0 spiro atoms. The predicted molar refractivity (Wildman–Crippen MR) is 174 cm³/mol. The number of nitrogens with two attached hydrogens (primary N) is 1. The number of nitrogens with zero attached hydrogens (tertiary/aromatic N) is 1. The zero-order valence-corrected chi connectivity index (χ0v) is 25.1. The van der Waals surface area contributed by atoms with Gasteiger partial charge in [-0.1, -0.05) is 140 Å². The molecule has 1 heterocycles. The Bertz CT molecular complexity index is 1310. The average molecular weight is 563 g/mol. The van der Waals surface area contributed by atoms with Gasteiger partial charge in [0.05, 0.1) is 11.8 Å². The van der Waals surface area contributed by atoms with Gasteiger partial charge in [0.1, 0.15) is 6.10 Å². The molecule has 0 aromatic heterocycles. The van der Waals surface area contributed by atoms with Crippen molar-refractivity contribution in [2.75, 3.05) is 0 Å². The fourth-order valence-electron chi connectivity index (χ4n) is 5.47. The van der Waals surface area contributed by atoms with E-state index in [1.807, 2.05) is 42.5 Å². The summed E-state index contributed by atoms with van der Waals surface area (Å²) in [6.07, 6.45) is 5.09. The molecule has 0 radical (unpaired) electrons. The van der Waals surface area contributed by atoms with Crippen LogP contribution in [-0.2, 0) is 30.5 Å². The van der Waals surface area contributed by atoms with Crippen LogP contribution in [0.25, 0.3) is 0 Å². The van der Waals surface area contributed by atoms with E-state index in [-0.39, 0.29) is 24.2 Å². The van der Waals surface area contributed by atoms with Gasteiger partial charge < -0.3 is 15.7 Å². The minimum Gasteiger partial charge on any atom is -0.393 e. The molecule has 1 aliphatic rings. The molecule has 5 unspecified atom stereocenters. The quantitative estimate of drug-likeness (QED) is 0.189. The third kappa shape index (κ3) is 10.6. The van der Waals surface area contributed by atoms with Gasteiger partial charge in [-0.15, -0.1) is 0 Å². The van der Waals surface area contributed by atoms with E-state index in [0.29, 0.717) is 12.3 Å². The van der Waals surface area contributed by atoms with Crippen molar-refractivity contribution in [1.29, 1.82) is 0 Å². The summed E-state index contributed by atoms with van der Waals surface area (Å²) in [4.78, 5) is 5.66. The van der Waals surface area contributed by atoms with Gasteiger partial charge in [-0.05, 0) is 53.9 Å². The van der Waals surface area contributed by atoms with Crippen LogP contribution in [0.5, 0.6) is 0 Å². The van der Waals surface area contributed by atoms with E-state index in [9.17, 15) is 5.11 Å². The first-order valence-corrected chi connectivity index (χ1v) is 15.3. The van der Waals surface area contributed by atoms with Gasteiger partial charge in [0.15, 0.2) is 0 Å². The number of benzene rings is 4. The fraction of sp³-hybridized carbons (Fsp3) is 0.342. The van der Waals surface area contributed by atoms with Crippen LogP contribution in [-0.4, -0.2) is 29.1 Å². The molecule has 0 fully saturated rings. The first-order chi connectivity index (χ1) is 20.5. The standard InChI is InChI=1S/C19H21NO.C19H25NO/c1-15(12-16-8-4-2-5-9-16)19-14-18(20-21-19)13-17-10-6-3-7-11-17;1-15(12-16-8-4-2-5-9-16)19(21)14-18(20)13-17-10-6-3-7-11-17/h2-11,15,19H,12-14H2,1H3;2-11,15,18-19,21H,12-14,20H2,1H3. The summed E-state index contributed by atoms with van der Waals surface area (Å²) in [5.41, 5.74) is 12.5. The van der Waals surface area contributed by atoms with Crippen molar-refractivity contribution in [1.82, 2.24) is 0 Å². The van der Waals surface area contributed by atoms with Crippen molar-refractivity contribution >= 4 is 5.71 Å². The highest BCUT2D eigenvalue weighted by Gasteiger charge is 2.26. The highest BCUT2D eigenvalue weighted by molar-refractivity contribution is 5.87. The molecule has 4 aromatic rings. The van der Waals surface area contributed by atoms with Gasteiger partial charge in [-0.3, -0.25) is 0 Å². The highest BCUT2D eigenvalue weighted by Crippen LogP contribution is 2.24. The highest BCUT2D eigenvalue weighted by atomic mass is 16.6. The number of aliphatic hydroxyl groups excluding tert-OH is 1. The number of aliphatic hydroxyl groups is 1. The van der Waals surface area contributed by atoms with E-state index < -0.39 is 0 Å². The van der Waals surface area contributed by atoms with Crippen molar-refractivity contribution in [2.24, 2.45) is 22.7 Å². The Kier molecular flexibility index (Phi) is 12.4. The van der Waals surface area contributed by atoms with Crippen LogP contribution in [0, 0.1) is 11.8 Å². The molecule has 4 aromatic carbocycles. The molecular weight excluding hydrogens is 516 g/mol. The van der Waals surface area contributed by atoms with Gasteiger partial charge in [0.25, 0.3) is 0 Å². The third-order valence-corrected chi connectivity index (χ3v) is 7.98. The molecule has 220 valence electrons. The Labute approximate surface area is 252 Å². The molecule has 42 heavy (non-hydrogen) atoms. The van der Waals surface area contributed by atoms with E-state index in [1.165, 1.54) is 22.3 Å². The van der Waals surface area contributed by atoms with E-state index in [4.69, 9.17) is 10.6 Å². The summed E-state index contributed by atoms with van der Waals surface area (Å²) >= 11 is 0. The molecule has 0 aliphatic carbocycles. The second-order valence-corrected chi connectivity index (χ2v) is 11.8. The molecule has 4 heteroatoms. The molecule has 0 saturated carbocycles. The van der Waals surface area contributed by atoms with E-state index >= 15 is 0 Å². The fourth-order valence-corrected chi connectivity index (χ4v) is 5.47. The molecule has 0 bridgehead atoms. The summed E-state index contributed by atoms with van der Waals surface area (Å²) in [5, 5.41) is 14.6. The first kappa shape index (κ1) is 31.2. The number of hydrogen-bond donors (Lipinski definition) is 2. The van der Waals surface area contributed by atoms with Crippen molar-refractivity contribution in [2.45, 2.75) is 70.6 Å². The Morgan fingerprint density at radius 1 is 0.690 bits per heavy atom. The Morgan fingerprint density at radius 2 is 1.14 bits per heavy atom. The SMILES string of the molecule is CC(Cc1ccccc1)C(O)CC(N)Cc1ccccc1.CC(Cc1ccccc1)C1CC(Cc2ccccc2)=NO1. The lowest BCUT2D eigenvalue weighted by Gasteiger charge is -2.22. The smallest absolute Gasteiger partial charge is 0.135 e. The summed E-state index contributed by atoms with van der Waals surface area (Å²) in [6.45, 7) is 4.34. The zero-order chi connectivity index (χ0) is 29.6. The van der Waals surface area contributed by atoms with Crippen LogP contribution in [0.4, 0.5) is 0 Å². The molecule has 0 amide bonds. The lowest BCUT2D eigenvalue weighted by Crippen LogP contribution is -2.32. The van der Waals surface area contributed by atoms with Gasteiger partial charge in [-0.25, -0.2) is 0 Å². The predicted octanol–water partition coefficient (Wildman–Crippen LogP) is 7.44. The minimum atomic E-state index is -0.357. The second kappa shape index (κ2) is 16.6. The minimum absolute atomic E-state index is 0.000577. The van der Waals surface area contributed by atoms with E-state index in [1.54, 1.807) is 0 Å². The van der Waals surface area contributed by atoms with Crippen molar-refractivity contribution in [3.05, 3.63) is 144 Å². The van der Waals surface area contributed by atoms with Crippen LogP contribution in [0.15, 0.2) is 126 Å². The largest absolute Gasteiger partial charge is 0.393 e. The maximum atomic E-state index is 10.3. The van der Waals surface area contributed by atoms with Gasteiger partial charge in [0, 0.05) is 24.8 Å². The Balaban J connectivity index is 0.000000193.